The number of rotatable bonds is 7. The summed E-state index contributed by atoms with van der Waals surface area (Å²) in [7, 11) is 1.86. The number of hydrogen-bond donors (Lipinski definition) is 1. The molecule has 1 aromatic heterocycles. The van der Waals surface area contributed by atoms with E-state index in [4.69, 9.17) is 0 Å². The Labute approximate surface area is 118 Å². The summed E-state index contributed by atoms with van der Waals surface area (Å²) in [6, 6.07) is 0. The van der Waals surface area contributed by atoms with Crippen molar-refractivity contribution in [3.05, 3.63) is 16.3 Å². The minimum Gasteiger partial charge on any atom is -0.354 e. The van der Waals surface area contributed by atoms with Crippen LogP contribution in [0.5, 0.6) is 0 Å². The van der Waals surface area contributed by atoms with E-state index in [2.05, 4.69) is 15.3 Å². The van der Waals surface area contributed by atoms with E-state index in [0.29, 0.717) is 17.7 Å². The molecule has 1 aliphatic rings. The lowest BCUT2D eigenvalue weighted by atomic mass is 9.85. The number of hydrogen-bond acceptors (Lipinski definition) is 6. The molecule has 0 aromatic carbocycles. The van der Waals surface area contributed by atoms with Gasteiger partial charge in [0.2, 0.25) is 11.8 Å². The van der Waals surface area contributed by atoms with E-state index in [-0.39, 0.29) is 5.69 Å². The third kappa shape index (κ3) is 3.34. The quantitative estimate of drug-likeness (QED) is 0.609. The van der Waals surface area contributed by atoms with Crippen molar-refractivity contribution in [2.75, 3.05) is 30.4 Å². The fourth-order valence-electron chi connectivity index (χ4n) is 2.25. The Morgan fingerprint density at radius 2 is 2.30 bits per heavy atom. The molecule has 0 saturated heterocycles. The molecule has 1 N–H and O–H groups in total. The third-order valence-electron chi connectivity index (χ3n) is 3.60. The number of anilines is 2. The molecule has 20 heavy (non-hydrogen) atoms. The van der Waals surface area contributed by atoms with Crippen LogP contribution in [0.2, 0.25) is 0 Å². The highest BCUT2D eigenvalue weighted by molar-refractivity contribution is 5.58. The molecule has 1 aliphatic carbocycles. The molecule has 2 rings (SSSR count). The molecule has 1 aromatic rings. The SMILES string of the molecule is CCCNc1ncc([N+](=O)[O-])c(N(C)CC2CCC2)n1. The summed E-state index contributed by atoms with van der Waals surface area (Å²) in [5.41, 5.74) is -0.0335. The standard InChI is InChI=1S/C13H21N5O2/c1-3-7-14-13-15-8-11(18(19)20)12(16-13)17(2)9-10-5-4-6-10/h8,10H,3-7,9H2,1-2H3,(H,14,15,16). The molecular formula is C13H21N5O2. The van der Waals surface area contributed by atoms with Crippen molar-refractivity contribution in [1.29, 1.82) is 0 Å². The molecular weight excluding hydrogens is 258 g/mol. The Hall–Kier alpha value is -1.92. The van der Waals surface area contributed by atoms with E-state index in [1.54, 1.807) is 0 Å². The van der Waals surface area contributed by atoms with Crippen LogP contribution in [0.25, 0.3) is 0 Å². The van der Waals surface area contributed by atoms with Gasteiger partial charge in [0.15, 0.2) is 0 Å². The van der Waals surface area contributed by atoms with Gasteiger partial charge in [-0.05, 0) is 25.2 Å². The van der Waals surface area contributed by atoms with Crippen LogP contribution in [0.3, 0.4) is 0 Å². The second-order valence-corrected chi connectivity index (χ2v) is 5.26. The van der Waals surface area contributed by atoms with Gasteiger partial charge in [-0.1, -0.05) is 13.3 Å². The van der Waals surface area contributed by atoms with Gasteiger partial charge < -0.3 is 10.2 Å². The molecule has 110 valence electrons. The highest BCUT2D eigenvalue weighted by Crippen LogP contribution is 2.31. The van der Waals surface area contributed by atoms with E-state index in [1.807, 2.05) is 18.9 Å². The van der Waals surface area contributed by atoms with Crippen LogP contribution in [0.15, 0.2) is 6.20 Å². The zero-order chi connectivity index (χ0) is 14.5. The van der Waals surface area contributed by atoms with Crippen LogP contribution in [0.4, 0.5) is 17.5 Å². The Kier molecular flexibility index (Phi) is 4.70. The van der Waals surface area contributed by atoms with Gasteiger partial charge in [-0.15, -0.1) is 0 Å². The first kappa shape index (κ1) is 14.5. The van der Waals surface area contributed by atoms with E-state index >= 15 is 0 Å². The number of nitrogens with zero attached hydrogens (tertiary/aromatic N) is 4. The van der Waals surface area contributed by atoms with Gasteiger partial charge in [-0.3, -0.25) is 10.1 Å². The van der Waals surface area contributed by atoms with E-state index in [0.717, 1.165) is 19.5 Å². The summed E-state index contributed by atoms with van der Waals surface area (Å²) in [5, 5.41) is 14.2. The van der Waals surface area contributed by atoms with Gasteiger partial charge in [0.25, 0.3) is 0 Å². The van der Waals surface area contributed by atoms with Crippen LogP contribution in [-0.2, 0) is 0 Å². The normalized spacial score (nSPS) is 14.7. The Morgan fingerprint density at radius 1 is 1.55 bits per heavy atom. The largest absolute Gasteiger partial charge is 0.354 e. The van der Waals surface area contributed by atoms with Crippen molar-refractivity contribution in [2.45, 2.75) is 32.6 Å². The fraction of sp³-hybridized carbons (Fsp3) is 0.692. The summed E-state index contributed by atoms with van der Waals surface area (Å²) in [6.45, 7) is 3.61. The van der Waals surface area contributed by atoms with Crippen LogP contribution in [0, 0.1) is 16.0 Å². The molecule has 7 nitrogen and oxygen atoms in total. The Morgan fingerprint density at radius 3 is 2.85 bits per heavy atom. The molecule has 0 unspecified atom stereocenters. The summed E-state index contributed by atoms with van der Waals surface area (Å²) in [4.78, 5) is 20.9. The van der Waals surface area contributed by atoms with E-state index in [9.17, 15) is 10.1 Å². The summed E-state index contributed by atoms with van der Waals surface area (Å²) in [5.74, 6) is 1.48. The zero-order valence-corrected chi connectivity index (χ0v) is 12.0. The van der Waals surface area contributed by atoms with E-state index in [1.165, 1.54) is 25.5 Å². The van der Waals surface area contributed by atoms with Crippen molar-refractivity contribution in [3.63, 3.8) is 0 Å². The predicted octanol–water partition coefficient (Wildman–Crippen LogP) is 2.44. The number of aromatic nitrogens is 2. The predicted molar refractivity (Wildman–Crippen MR) is 78.1 cm³/mol. The minimum absolute atomic E-state index is 0.0335. The molecule has 1 fully saturated rings. The van der Waals surface area contributed by atoms with Gasteiger partial charge in [-0.25, -0.2) is 4.98 Å². The number of nitrogens with one attached hydrogen (secondary N) is 1. The van der Waals surface area contributed by atoms with Crippen molar-refractivity contribution < 1.29 is 4.92 Å². The first-order chi connectivity index (χ1) is 9.61. The smallest absolute Gasteiger partial charge is 0.329 e. The first-order valence-corrected chi connectivity index (χ1v) is 7.08. The van der Waals surface area contributed by atoms with Crippen molar-refractivity contribution in [3.8, 4) is 0 Å². The monoisotopic (exact) mass is 279 g/mol. The van der Waals surface area contributed by atoms with Gasteiger partial charge in [0.1, 0.15) is 6.20 Å². The highest BCUT2D eigenvalue weighted by atomic mass is 16.6. The summed E-state index contributed by atoms with van der Waals surface area (Å²) < 4.78 is 0. The van der Waals surface area contributed by atoms with Crippen LogP contribution in [0.1, 0.15) is 32.6 Å². The van der Waals surface area contributed by atoms with Crippen molar-refractivity contribution >= 4 is 17.5 Å². The maximum atomic E-state index is 11.1. The molecule has 1 heterocycles. The molecule has 7 heteroatoms. The Bertz CT molecular complexity index is 476. The van der Waals surface area contributed by atoms with Gasteiger partial charge in [0.05, 0.1) is 4.92 Å². The van der Waals surface area contributed by atoms with Crippen LogP contribution < -0.4 is 10.2 Å². The first-order valence-electron chi connectivity index (χ1n) is 7.08. The van der Waals surface area contributed by atoms with Gasteiger partial charge >= 0.3 is 5.69 Å². The lowest BCUT2D eigenvalue weighted by Gasteiger charge is -2.30. The molecule has 1 saturated carbocycles. The molecule has 0 bridgehead atoms. The topological polar surface area (TPSA) is 84.2 Å². The second kappa shape index (κ2) is 6.49. The Balaban J connectivity index is 2.18. The number of nitro groups is 1. The van der Waals surface area contributed by atoms with E-state index < -0.39 is 4.92 Å². The fourth-order valence-corrected chi connectivity index (χ4v) is 2.25. The van der Waals surface area contributed by atoms with Crippen LogP contribution >= 0.6 is 0 Å². The lowest BCUT2D eigenvalue weighted by molar-refractivity contribution is -0.384. The maximum absolute atomic E-state index is 11.1. The molecule has 0 atom stereocenters. The zero-order valence-electron chi connectivity index (χ0n) is 12.0. The molecule has 0 spiro atoms. The van der Waals surface area contributed by atoms with Crippen molar-refractivity contribution in [1.82, 2.24) is 9.97 Å². The van der Waals surface area contributed by atoms with Gasteiger partial charge in [-0.2, -0.15) is 4.98 Å². The second-order valence-electron chi connectivity index (χ2n) is 5.26. The summed E-state index contributed by atoms with van der Waals surface area (Å²) in [6.07, 6.45) is 5.90. The third-order valence-corrected chi connectivity index (χ3v) is 3.60. The maximum Gasteiger partial charge on any atom is 0.329 e. The van der Waals surface area contributed by atoms with Crippen LogP contribution in [-0.4, -0.2) is 35.0 Å². The highest BCUT2D eigenvalue weighted by Gasteiger charge is 2.25. The average molecular weight is 279 g/mol. The van der Waals surface area contributed by atoms with Crippen molar-refractivity contribution in [2.24, 2.45) is 5.92 Å². The minimum atomic E-state index is -0.420. The average Bonchev–Trinajstić information content (AvgIpc) is 2.39. The summed E-state index contributed by atoms with van der Waals surface area (Å²) >= 11 is 0. The molecule has 0 amide bonds. The van der Waals surface area contributed by atoms with Gasteiger partial charge in [0, 0.05) is 20.1 Å². The molecule has 0 radical (unpaired) electrons. The lowest BCUT2D eigenvalue weighted by Crippen LogP contribution is -2.30. The molecule has 0 aliphatic heterocycles.